The number of morpholine rings is 1. The molecule has 0 N–H and O–H groups in total. The molecule has 6 heteroatoms. The first-order valence-electron chi connectivity index (χ1n) is 9.94. The number of nitrogens with zero attached hydrogens (tertiary/aromatic N) is 2. The Balaban J connectivity index is 1.34. The number of hydrogen-bond donors (Lipinski definition) is 0. The second kappa shape index (κ2) is 7.80. The van der Waals surface area contributed by atoms with Crippen molar-refractivity contribution in [3.8, 4) is 0 Å². The molecule has 1 aromatic rings. The highest BCUT2D eigenvalue weighted by molar-refractivity contribution is 6.05. The Labute approximate surface area is 159 Å². The van der Waals surface area contributed by atoms with Crippen LogP contribution in [0.4, 0.5) is 0 Å². The summed E-state index contributed by atoms with van der Waals surface area (Å²) >= 11 is 0. The van der Waals surface area contributed by atoms with Crippen LogP contribution in [0.25, 0.3) is 0 Å². The second-order valence-electron chi connectivity index (χ2n) is 7.69. The van der Waals surface area contributed by atoms with Gasteiger partial charge in [0.2, 0.25) is 17.7 Å². The van der Waals surface area contributed by atoms with Crippen LogP contribution in [-0.4, -0.2) is 53.8 Å². The van der Waals surface area contributed by atoms with Crippen molar-refractivity contribution < 1.29 is 19.1 Å². The predicted octanol–water partition coefficient (Wildman–Crippen LogP) is 2.15. The van der Waals surface area contributed by atoms with Crippen LogP contribution in [0.2, 0.25) is 0 Å². The van der Waals surface area contributed by atoms with Crippen molar-refractivity contribution in [2.45, 2.75) is 38.2 Å². The zero-order valence-corrected chi connectivity index (χ0v) is 15.5. The van der Waals surface area contributed by atoms with Crippen LogP contribution in [-0.2, 0) is 19.1 Å². The van der Waals surface area contributed by atoms with Crippen molar-refractivity contribution in [1.82, 2.24) is 9.80 Å². The number of hydrogen-bond acceptors (Lipinski definition) is 4. The number of ether oxygens (including phenoxy) is 1. The largest absolute Gasteiger partial charge is 0.370 e. The molecule has 0 radical (unpaired) electrons. The van der Waals surface area contributed by atoms with Crippen molar-refractivity contribution in [1.29, 1.82) is 0 Å². The van der Waals surface area contributed by atoms with Crippen LogP contribution in [0, 0.1) is 11.8 Å². The highest BCUT2D eigenvalue weighted by atomic mass is 16.5. The lowest BCUT2D eigenvalue weighted by molar-refractivity contribution is -0.142. The zero-order chi connectivity index (χ0) is 18.8. The summed E-state index contributed by atoms with van der Waals surface area (Å²) in [5.74, 6) is -0.447. The summed E-state index contributed by atoms with van der Waals surface area (Å²) < 4.78 is 5.81. The lowest BCUT2D eigenvalue weighted by Crippen LogP contribution is -2.44. The fraction of sp³-hybridized carbons (Fsp3) is 0.571. The van der Waals surface area contributed by atoms with Gasteiger partial charge in [-0.15, -0.1) is 0 Å². The van der Waals surface area contributed by atoms with Gasteiger partial charge in [0, 0.05) is 19.5 Å². The molecule has 4 rings (SSSR count). The minimum atomic E-state index is -0.146. The van der Waals surface area contributed by atoms with Gasteiger partial charge in [-0.05, 0) is 18.4 Å². The fourth-order valence-electron chi connectivity index (χ4n) is 4.56. The summed E-state index contributed by atoms with van der Waals surface area (Å²) in [7, 11) is 0. The average Bonchev–Trinajstić information content (AvgIpc) is 2.97. The highest BCUT2D eigenvalue weighted by Gasteiger charge is 2.47. The van der Waals surface area contributed by atoms with E-state index in [9.17, 15) is 14.4 Å². The van der Waals surface area contributed by atoms with Gasteiger partial charge >= 0.3 is 0 Å². The molecule has 144 valence electrons. The van der Waals surface area contributed by atoms with Gasteiger partial charge in [0.15, 0.2) is 0 Å². The number of imide groups is 1. The number of carbonyl (C=O) groups excluding carboxylic acids is 3. The van der Waals surface area contributed by atoms with Crippen molar-refractivity contribution in [3.63, 3.8) is 0 Å². The Bertz CT molecular complexity index is 696. The molecule has 3 fully saturated rings. The first-order chi connectivity index (χ1) is 13.1. The van der Waals surface area contributed by atoms with Crippen LogP contribution in [0.3, 0.4) is 0 Å². The normalized spacial score (nSPS) is 28.4. The Kier molecular flexibility index (Phi) is 5.25. The topological polar surface area (TPSA) is 66.9 Å². The van der Waals surface area contributed by atoms with E-state index in [4.69, 9.17) is 4.74 Å². The van der Waals surface area contributed by atoms with Crippen molar-refractivity contribution >= 4 is 17.7 Å². The molecular formula is C21H26N2O4. The molecule has 1 aliphatic carbocycles. The Morgan fingerprint density at radius 2 is 1.70 bits per heavy atom. The van der Waals surface area contributed by atoms with Crippen LogP contribution < -0.4 is 0 Å². The molecule has 0 unspecified atom stereocenters. The molecule has 0 spiro atoms. The summed E-state index contributed by atoms with van der Waals surface area (Å²) in [5, 5.41) is 0. The van der Waals surface area contributed by atoms with E-state index in [-0.39, 0.29) is 48.6 Å². The van der Waals surface area contributed by atoms with E-state index in [0.29, 0.717) is 19.7 Å². The first-order valence-corrected chi connectivity index (χ1v) is 9.94. The van der Waals surface area contributed by atoms with Gasteiger partial charge in [0.1, 0.15) is 6.10 Å². The van der Waals surface area contributed by atoms with Gasteiger partial charge < -0.3 is 9.64 Å². The Morgan fingerprint density at radius 3 is 2.37 bits per heavy atom. The molecule has 3 amide bonds. The summed E-state index contributed by atoms with van der Waals surface area (Å²) in [5.41, 5.74) is 1.06. The minimum Gasteiger partial charge on any atom is -0.370 e. The maximum atomic E-state index is 12.7. The number of carbonyl (C=O) groups is 3. The standard InChI is InChI=1S/C21H26N2O4/c24-19(22-12-13-27-18(14-22)15-6-2-1-3-7-15)10-11-23-20(25)16-8-4-5-9-17(16)21(23)26/h1-3,6-7,16-18H,4-5,8-14H2/t16-,17-,18-/m1/s1. The van der Waals surface area contributed by atoms with E-state index in [2.05, 4.69) is 0 Å². The molecule has 27 heavy (non-hydrogen) atoms. The van der Waals surface area contributed by atoms with Gasteiger partial charge in [-0.2, -0.15) is 0 Å². The zero-order valence-electron chi connectivity index (χ0n) is 15.5. The third kappa shape index (κ3) is 3.63. The maximum Gasteiger partial charge on any atom is 0.233 e. The number of amides is 3. The molecule has 2 aliphatic heterocycles. The summed E-state index contributed by atoms with van der Waals surface area (Å²) in [6.45, 7) is 1.76. The Hall–Kier alpha value is -2.21. The molecule has 3 atom stereocenters. The molecule has 6 nitrogen and oxygen atoms in total. The lowest BCUT2D eigenvalue weighted by Gasteiger charge is -2.33. The van der Waals surface area contributed by atoms with Crippen molar-refractivity contribution in [2.75, 3.05) is 26.2 Å². The number of rotatable bonds is 4. The fourth-order valence-corrected chi connectivity index (χ4v) is 4.56. The highest BCUT2D eigenvalue weighted by Crippen LogP contribution is 2.38. The number of benzene rings is 1. The first kappa shape index (κ1) is 18.2. The van der Waals surface area contributed by atoms with E-state index in [1.54, 1.807) is 4.90 Å². The summed E-state index contributed by atoms with van der Waals surface area (Å²) in [4.78, 5) is 40.9. The number of fused-ring (bicyclic) bond motifs is 1. The Morgan fingerprint density at radius 1 is 1.04 bits per heavy atom. The molecule has 2 saturated heterocycles. The minimum absolute atomic E-state index is 0.0188. The molecule has 0 aromatic heterocycles. The molecule has 3 aliphatic rings. The summed E-state index contributed by atoms with van der Waals surface area (Å²) in [6, 6.07) is 9.88. The van der Waals surface area contributed by atoms with Crippen molar-refractivity contribution in [2.24, 2.45) is 11.8 Å². The smallest absolute Gasteiger partial charge is 0.233 e. The van der Waals surface area contributed by atoms with Gasteiger partial charge in [0.05, 0.1) is 25.0 Å². The molecule has 1 aromatic carbocycles. The van der Waals surface area contributed by atoms with Crippen LogP contribution in [0.1, 0.15) is 43.8 Å². The average molecular weight is 370 g/mol. The third-order valence-corrected chi connectivity index (χ3v) is 6.07. The third-order valence-electron chi connectivity index (χ3n) is 6.07. The SMILES string of the molecule is O=C(CCN1C(=O)[C@@H]2CCCC[C@H]2C1=O)N1CCO[C@@H](c2ccccc2)C1. The van der Waals surface area contributed by atoms with Crippen LogP contribution in [0.5, 0.6) is 0 Å². The van der Waals surface area contributed by atoms with Crippen LogP contribution in [0.15, 0.2) is 30.3 Å². The molecular weight excluding hydrogens is 344 g/mol. The van der Waals surface area contributed by atoms with Crippen LogP contribution >= 0.6 is 0 Å². The van der Waals surface area contributed by atoms with Gasteiger partial charge in [-0.1, -0.05) is 43.2 Å². The second-order valence-corrected chi connectivity index (χ2v) is 7.69. The summed E-state index contributed by atoms with van der Waals surface area (Å²) in [6.07, 6.45) is 3.72. The maximum absolute atomic E-state index is 12.7. The monoisotopic (exact) mass is 370 g/mol. The van der Waals surface area contributed by atoms with E-state index in [0.717, 1.165) is 31.2 Å². The lowest BCUT2D eigenvalue weighted by atomic mass is 9.81. The quantitative estimate of drug-likeness (QED) is 0.762. The van der Waals surface area contributed by atoms with Gasteiger partial charge in [-0.3, -0.25) is 19.3 Å². The van der Waals surface area contributed by atoms with E-state index >= 15 is 0 Å². The van der Waals surface area contributed by atoms with E-state index in [1.165, 1.54) is 4.90 Å². The van der Waals surface area contributed by atoms with E-state index in [1.807, 2.05) is 30.3 Å². The van der Waals surface area contributed by atoms with Gasteiger partial charge in [-0.25, -0.2) is 0 Å². The molecule has 1 saturated carbocycles. The van der Waals surface area contributed by atoms with Gasteiger partial charge in [0.25, 0.3) is 0 Å². The van der Waals surface area contributed by atoms with Crippen molar-refractivity contribution in [3.05, 3.63) is 35.9 Å². The molecule has 2 heterocycles. The molecule has 0 bridgehead atoms. The van der Waals surface area contributed by atoms with E-state index < -0.39 is 0 Å². The predicted molar refractivity (Wildman–Crippen MR) is 98.5 cm³/mol. The number of likely N-dealkylation sites (tertiary alicyclic amines) is 1.